The number of allylic oxidation sites excluding steroid dienone is 1. The molecule has 1 atom stereocenters. The van der Waals surface area contributed by atoms with E-state index in [0.29, 0.717) is 31.9 Å². The van der Waals surface area contributed by atoms with Crippen molar-refractivity contribution in [2.45, 2.75) is 26.8 Å². The highest BCUT2D eigenvalue weighted by atomic mass is 32.1. The molecule has 0 radical (unpaired) electrons. The summed E-state index contributed by atoms with van der Waals surface area (Å²) in [6.45, 7) is 5.77. The van der Waals surface area contributed by atoms with Crippen molar-refractivity contribution in [3.8, 4) is 5.75 Å². The van der Waals surface area contributed by atoms with Crippen LogP contribution in [0.1, 0.15) is 35.9 Å². The van der Waals surface area contributed by atoms with Crippen LogP contribution in [-0.4, -0.2) is 24.3 Å². The molecule has 0 fully saturated rings. The van der Waals surface area contributed by atoms with Gasteiger partial charge in [0.05, 0.1) is 29.5 Å². The van der Waals surface area contributed by atoms with Crippen LogP contribution >= 0.6 is 22.7 Å². The number of hydrogen-bond donors (Lipinski definition) is 0. The highest BCUT2D eigenvalue weighted by Gasteiger charge is 2.34. The molecule has 8 heteroatoms. The minimum atomic E-state index is -0.682. The summed E-state index contributed by atoms with van der Waals surface area (Å²) >= 11 is 2.90. The Morgan fingerprint density at radius 2 is 2.03 bits per heavy atom. The van der Waals surface area contributed by atoms with Gasteiger partial charge in [-0.2, -0.15) is 0 Å². The van der Waals surface area contributed by atoms with Crippen molar-refractivity contribution < 1.29 is 14.3 Å². The molecule has 1 aliphatic heterocycles. The lowest BCUT2D eigenvalue weighted by Gasteiger charge is -2.25. The van der Waals surface area contributed by atoms with Gasteiger partial charge in [-0.05, 0) is 49.9 Å². The fraction of sp³-hybridized carbons (Fsp3) is 0.261. The molecule has 3 heterocycles. The van der Waals surface area contributed by atoms with Crippen molar-refractivity contribution >= 4 is 34.7 Å². The third-order valence-corrected chi connectivity index (χ3v) is 7.06. The number of aryl methyl sites for hydroxylation is 1. The van der Waals surface area contributed by atoms with E-state index in [2.05, 4.69) is 4.99 Å². The molecule has 0 spiro atoms. The Morgan fingerprint density at radius 3 is 2.71 bits per heavy atom. The van der Waals surface area contributed by atoms with Gasteiger partial charge in [0.25, 0.3) is 5.56 Å². The molecule has 4 rings (SSSR count). The third kappa shape index (κ3) is 3.77. The molecule has 6 nitrogen and oxygen atoms in total. The number of para-hydroxylation sites is 1. The summed E-state index contributed by atoms with van der Waals surface area (Å²) in [6, 6.07) is 8.74. The fourth-order valence-electron chi connectivity index (χ4n) is 3.63. The van der Waals surface area contributed by atoms with Crippen LogP contribution in [-0.2, 0) is 9.53 Å². The second-order valence-electron chi connectivity index (χ2n) is 7.01. The first-order chi connectivity index (χ1) is 15.0. The number of thiazole rings is 1. The molecular formula is C23H22N2O4S2. The monoisotopic (exact) mass is 454 g/mol. The molecule has 1 unspecified atom stereocenters. The number of benzene rings is 1. The average Bonchev–Trinajstić information content (AvgIpc) is 3.30. The number of hydrogen-bond acceptors (Lipinski definition) is 7. The quantitative estimate of drug-likeness (QED) is 0.556. The predicted octanol–water partition coefficient (Wildman–Crippen LogP) is 3.18. The number of fused-ring (bicyclic) bond motifs is 1. The maximum atomic E-state index is 13.5. The van der Waals surface area contributed by atoms with E-state index in [1.165, 1.54) is 11.3 Å². The van der Waals surface area contributed by atoms with Crippen molar-refractivity contribution in [1.29, 1.82) is 0 Å². The highest BCUT2D eigenvalue weighted by Crippen LogP contribution is 2.35. The number of nitrogens with zero attached hydrogens (tertiary/aromatic N) is 2. The molecule has 0 aliphatic carbocycles. The molecule has 1 aliphatic rings. The maximum absolute atomic E-state index is 13.5. The van der Waals surface area contributed by atoms with Crippen molar-refractivity contribution in [3.63, 3.8) is 0 Å². The Balaban J connectivity index is 2.01. The number of ether oxygens (including phenoxy) is 2. The van der Waals surface area contributed by atoms with Crippen LogP contribution in [0.2, 0.25) is 0 Å². The SMILES string of the molecule is CCOC(=O)C1=C(C)N=c2s/c(=C/c3sccc3C)c(=O)n2C1c1ccccc1OC. The molecular weight excluding hydrogens is 432 g/mol. The van der Waals surface area contributed by atoms with Gasteiger partial charge in [0.15, 0.2) is 4.80 Å². The Hall–Kier alpha value is -2.97. The van der Waals surface area contributed by atoms with E-state index in [4.69, 9.17) is 9.47 Å². The third-order valence-electron chi connectivity index (χ3n) is 5.11. The Bertz CT molecular complexity index is 1360. The van der Waals surface area contributed by atoms with Gasteiger partial charge in [-0.25, -0.2) is 9.79 Å². The summed E-state index contributed by atoms with van der Waals surface area (Å²) in [5.74, 6) is 0.107. The van der Waals surface area contributed by atoms with E-state index in [0.717, 1.165) is 10.4 Å². The number of rotatable bonds is 5. The fourth-order valence-corrected chi connectivity index (χ4v) is 5.59. The van der Waals surface area contributed by atoms with Gasteiger partial charge in [-0.3, -0.25) is 9.36 Å². The zero-order valence-corrected chi connectivity index (χ0v) is 19.3. The van der Waals surface area contributed by atoms with Gasteiger partial charge in [-0.1, -0.05) is 29.5 Å². The molecule has 160 valence electrons. The smallest absolute Gasteiger partial charge is 0.338 e. The average molecular weight is 455 g/mol. The first-order valence-electron chi connectivity index (χ1n) is 9.83. The minimum absolute atomic E-state index is 0.193. The van der Waals surface area contributed by atoms with Crippen LogP contribution in [0.3, 0.4) is 0 Å². The van der Waals surface area contributed by atoms with Gasteiger partial charge in [0.2, 0.25) is 0 Å². The van der Waals surface area contributed by atoms with Crippen LogP contribution in [0.15, 0.2) is 56.8 Å². The van der Waals surface area contributed by atoms with E-state index in [9.17, 15) is 9.59 Å². The first kappa shape index (κ1) is 21.3. The van der Waals surface area contributed by atoms with Crippen molar-refractivity contribution in [1.82, 2.24) is 4.57 Å². The Labute approximate surface area is 187 Å². The Morgan fingerprint density at radius 1 is 1.26 bits per heavy atom. The number of carbonyl (C=O) groups is 1. The summed E-state index contributed by atoms with van der Waals surface area (Å²) in [5.41, 5.74) is 2.51. The van der Waals surface area contributed by atoms with Gasteiger partial charge in [0.1, 0.15) is 11.8 Å². The number of thiophene rings is 1. The molecule has 2 aromatic heterocycles. The van der Waals surface area contributed by atoms with Crippen LogP contribution in [0, 0.1) is 6.92 Å². The summed E-state index contributed by atoms with van der Waals surface area (Å²) in [7, 11) is 1.57. The van der Waals surface area contributed by atoms with E-state index in [1.54, 1.807) is 36.9 Å². The largest absolute Gasteiger partial charge is 0.496 e. The minimum Gasteiger partial charge on any atom is -0.496 e. The number of carbonyl (C=O) groups excluding carboxylic acids is 1. The van der Waals surface area contributed by atoms with Gasteiger partial charge < -0.3 is 9.47 Å². The van der Waals surface area contributed by atoms with E-state index >= 15 is 0 Å². The maximum Gasteiger partial charge on any atom is 0.338 e. The van der Waals surface area contributed by atoms with Crippen LogP contribution < -0.4 is 19.6 Å². The van der Waals surface area contributed by atoms with Crippen molar-refractivity contribution in [2.24, 2.45) is 4.99 Å². The lowest BCUT2D eigenvalue weighted by molar-refractivity contribution is -0.139. The van der Waals surface area contributed by atoms with Crippen molar-refractivity contribution in [2.75, 3.05) is 13.7 Å². The normalized spacial score (nSPS) is 16.1. The molecule has 3 aromatic rings. The lowest BCUT2D eigenvalue weighted by atomic mass is 9.95. The molecule has 0 saturated heterocycles. The van der Waals surface area contributed by atoms with E-state index in [1.807, 2.05) is 48.7 Å². The summed E-state index contributed by atoms with van der Waals surface area (Å²) in [5, 5.41) is 2.00. The summed E-state index contributed by atoms with van der Waals surface area (Å²) in [4.78, 5) is 32.6. The predicted molar refractivity (Wildman–Crippen MR) is 122 cm³/mol. The first-order valence-corrected chi connectivity index (χ1v) is 11.5. The highest BCUT2D eigenvalue weighted by molar-refractivity contribution is 7.11. The Kier molecular flexibility index (Phi) is 5.93. The molecule has 0 amide bonds. The van der Waals surface area contributed by atoms with E-state index in [-0.39, 0.29) is 12.2 Å². The van der Waals surface area contributed by atoms with Crippen molar-refractivity contribution in [3.05, 3.63) is 82.7 Å². The number of aromatic nitrogens is 1. The zero-order chi connectivity index (χ0) is 22.1. The van der Waals surface area contributed by atoms with E-state index < -0.39 is 12.0 Å². The lowest BCUT2D eigenvalue weighted by Crippen LogP contribution is -2.40. The molecule has 31 heavy (non-hydrogen) atoms. The van der Waals surface area contributed by atoms with Crippen LogP contribution in [0.4, 0.5) is 0 Å². The van der Waals surface area contributed by atoms with Gasteiger partial charge in [-0.15, -0.1) is 11.3 Å². The zero-order valence-electron chi connectivity index (χ0n) is 17.7. The number of methoxy groups -OCH3 is 1. The molecule has 1 aromatic carbocycles. The van der Waals surface area contributed by atoms with Crippen LogP contribution in [0.5, 0.6) is 5.75 Å². The van der Waals surface area contributed by atoms with Gasteiger partial charge >= 0.3 is 5.97 Å². The van der Waals surface area contributed by atoms with Crippen LogP contribution in [0.25, 0.3) is 6.08 Å². The van der Waals surface area contributed by atoms with Gasteiger partial charge in [0, 0.05) is 10.4 Å². The standard InChI is InChI=1S/C23H22N2O4S2/c1-5-29-22(27)19-14(3)24-23-25(20(19)15-8-6-7-9-16(15)28-4)21(26)18(31-23)12-17-13(2)10-11-30-17/h6-12,20H,5H2,1-4H3/b18-12+. The topological polar surface area (TPSA) is 69.9 Å². The summed E-state index contributed by atoms with van der Waals surface area (Å²) < 4.78 is 13.0. The second kappa shape index (κ2) is 8.64. The number of esters is 1. The molecule has 0 bridgehead atoms. The second-order valence-corrected chi connectivity index (χ2v) is 8.97. The summed E-state index contributed by atoms with van der Waals surface area (Å²) in [6.07, 6.45) is 1.90. The molecule has 0 N–H and O–H groups in total. The molecule has 0 saturated carbocycles.